The summed E-state index contributed by atoms with van der Waals surface area (Å²) in [5.74, 6) is -0.106. The van der Waals surface area contributed by atoms with Gasteiger partial charge in [0.2, 0.25) is 0 Å². The standard InChI is InChI=1S/C12H18ClN3O2/c1-15(2)6-9-4-10(17)7-16(9)12(18)11-3-8(13)5-14-11/h3,5,9-10,14,17H,4,6-7H2,1-2H3. The molecule has 1 saturated heterocycles. The Labute approximate surface area is 111 Å². The number of hydrogen-bond acceptors (Lipinski definition) is 3. The molecule has 6 heteroatoms. The largest absolute Gasteiger partial charge is 0.391 e. The number of likely N-dealkylation sites (N-methyl/N-ethyl adjacent to an activating group) is 1. The highest BCUT2D eigenvalue weighted by Gasteiger charge is 2.35. The summed E-state index contributed by atoms with van der Waals surface area (Å²) in [6.45, 7) is 1.13. The Morgan fingerprint density at radius 1 is 1.67 bits per heavy atom. The number of carbonyl (C=O) groups excluding carboxylic acids is 1. The molecule has 2 rings (SSSR count). The molecule has 0 aliphatic carbocycles. The molecule has 2 N–H and O–H groups in total. The highest BCUT2D eigenvalue weighted by Crippen LogP contribution is 2.21. The van der Waals surface area contributed by atoms with Crippen LogP contribution < -0.4 is 0 Å². The van der Waals surface area contributed by atoms with Gasteiger partial charge in [-0.25, -0.2) is 0 Å². The fourth-order valence-electron chi connectivity index (χ4n) is 2.38. The maximum absolute atomic E-state index is 12.3. The van der Waals surface area contributed by atoms with E-state index in [0.29, 0.717) is 23.7 Å². The van der Waals surface area contributed by atoms with Crippen LogP contribution in [0.1, 0.15) is 16.9 Å². The van der Waals surface area contributed by atoms with Crippen molar-refractivity contribution in [3.05, 3.63) is 23.0 Å². The molecule has 1 aromatic rings. The van der Waals surface area contributed by atoms with Crippen molar-refractivity contribution in [1.82, 2.24) is 14.8 Å². The molecule has 0 bridgehead atoms. The number of aromatic amines is 1. The Morgan fingerprint density at radius 3 is 2.94 bits per heavy atom. The van der Waals surface area contributed by atoms with Gasteiger partial charge < -0.3 is 19.9 Å². The number of aromatic nitrogens is 1. The lowest BCUT2D eigenvalue weighted by Crippen LogP contribution is -2.41. The maximum atomic E-state index is 12.3. The molecule has 2 unspecified atom stereocenters. The van der Waals surface area contributed by atoms with Gasteiger partial charge in [-0.3, -0.25) is 4.79 Å². The van der Waals surface area contributed by atoms with Crippen molar-refractivity contribution in [2.75, 3.05) is 27.2 Å². The van der Waals surface area contributed by atoms with Crippen LogP contribution in [-0.2, 0) is 0 Å². The van der Waals surface area contributed by atoms with Gasteiger partial charge in [0.1, 0.15) is 5.69 Å². The number of aliphatic hydroxyl groups is 1. The molecule has 2 heterocycles. The van der Waals surface area contributed by atoms with Crippen LogP contribution in [0, 0.1) is 0 Å². The van der Waals surface area contributed by atoms with Gasteiger partial charge in [0, 0.05) is 25.3 Å². The summed E-state index contributed by atoms with van der Waals surface area (Å²) in [7, 11) is 3.91. The van der Waals surface area contributed by atoms with Gasteiger partial charge in [-0.1, -0.05) is 11.6 Å². The molecule has 2 atom stereocenters. The number of H-pyrrole nitrogens is 1. The van der Waals surface area contributed by atoms with Crippen molar-refractivity contribution in [2.45, 2.75) is 18.6 Å². The van der Waals surface area contributed by atoms with E-state index >= 15 is 0 Å². The van der Waals surface area contributed by atoms with E-state index in [0.717, 1.165) is 6.54 Å². The van der Waals surface area contributed by atoms with E-state index in [1.807, 2.05) is 19.0 Å². The summed E-state index contributed by atoms with van der Waals surface area (Å²) in [5, 5.41) is 10.3. The molecule has 1 aliphatic rings. The number of halogens is 1. The number of β-amino-alcohol motifs (C(OH)–C–C–N with tert-alkyl or cyclic N) is 1. The fourth-order valence-corrected chi connectivity index (χ4v) is 2.55. The van der Waals surface area contributed by atoms with Crippen molar-refractivity contribution in [2.24, 2.45) is 0 Å². The first kappa shape index (κ1) is 13.4. The predicted molar refractivity (Wildman–Crippen MR) is 69.8 cm³/mol. The molecule has 1 amide bonds. The van der Waals surface area contributed by atoms with E-state index in [1.54, 1.807) is 17.2 Å². The molecule has 18 heavy (non-hydrogen) atoms. The van der Waals surface area contributed by atoms with Gasteiger partial charge in [0.25, 0.3) is 5.91 Å². The van der Waals surface area contributed by atoms with Gasteiger partial charge in [-0.2, -0.15) is 0 Å². The zero-order valence-electron chi connectivity index (χ0n) is 10.6. The van der Waals surface area contributed by atoms with E-state index in [9.17, 15) is 9.90 Å². The van der Waals surface area contributed by atoms with Crippen LogP contribution in [0.5, 0.6) is 0 Å². The van der Waals surface area contributed by atoms with Gasteiger partial charge in [0.15, 0.2) is 0 Å². The SMILES string of the molecule is CN(C)CC1CC(O)CN1C(=O)c1cc(Cl)c[nH]1. The minimum absolute atomic E-state index is 0.0459. The monoisotopic (exact) mass is 271 g/mol. The van der Waals surface area contributed by atoms with Crippen molar-refractivity contribution in [3.63, 3.8) is 0 Å². The molecule has 1 fully saturated rings. The van der Waals surface area contributed by atoms with Gasteiger partial charge in [-0.05, 0) is 26.6 Å². The number of rotatable bonds is 3. The molecule has 100 valence electrons. The molecule has 0 aromatic carbocycles. The molecule has 0 spiro atoms. The van der Waals surface area contributed by atoms with Crippen molar-refractivity contribution in [1.29, 1.82) is 0 Å². The van der Waals surface area contributed by atoms with Gasteiger partial charge in [-0.15, -0.1) is 0 Å². The summed E-state index contributed by atoms with van der Waals surface area (Å²) in [6, 6.07) is 1.66. The average molecular weight is 272 g/mol. The Hall–Kier alpha value is -1.04. The lowest BCUT2D eigenvalue weighted by atomic mass is 10.2. The van der Waals surface area contributed by atoms with Crippen LogP contribution in [0.25, 0.3) is 0 Å². The third-order valence-corrected chi connectivity index (χ3v) is 3.33. The highest BCUT2D eigenvalue weighted by atomic mass is 35.5. The highest BCUT2D eigenvalue weighted by molar-refractivity contribution is 6.30. The van der Waals surface area contributed by atoms with Crippen LogP contribution >= 0.6 is 11.6 Å². The molecule has 1 aliphatic heterocycles. The number of nitrogens with one attached hydrogen (secondary N) is 1. The van der Waals surface area contributed by atoms with Crippen molar-refractivity contribution < 1.29 is 9.90 Å². The van der Waals surface area contributed by atoms with E-state index in [1.165, 1.54) is 0 Å². The predicted octanol–water partition coefficient (Wildman–Crippen LogP) is 0.805. The van der Waals surface area contributed by atoms with Gasteiger partial charge >= 0.3 is 0 Å². The lowest BCUT2D eigenvalue weighted by Gasteiger charge is -2.26. The Kier molecular flexibility index (Phi) is 3.94. The minimum Gasteiger partial charge on any atom is -0.391 e. The number of carbonyl (C=O) groups is 1. The van der Waals surface area contributed by atoms with Crippen LogP contribution in [0.2, 0.25) is 5.02 Å². The van der Waals surface area contributed by atoms with Gasteiger partial charge in [0.05, 0.1) is 11.1 Å². The zero-order chi connectivity index (χ0) is 13.3. The molecule has 0 radical (unpaired) electrons. The molecule has 5 nitrogen and oxygen atoms in total. The summed E-state index contributed by atoms with van der Waals surface area (Å²) < 4.78 is 0. The second kappa shape index (κ2) is 5.30. The first-order valence-electron chi connectivity index (χ1n) is 5.95. The summed E-state index contributed by atoms with van der Waals surface area (Å²) in [4.78, 5) is 18.9. The van der Waals surface area contributed by atoms with E-state index < -0.39 is 6.10 Å². The second-order valence-electron chi connectivity index (χ2n) is 4.99. The lowest BCUT2D eigenvalue weighted by molar-refractivity contribution is 0.0694. The third-order valence-electron chi connectivity index (χ3n) is 3.11. The van der Waals surface area contributed by atoms with E-state index in [2.05, 4.69) is 4.98 Å². The van der Waals surface area contributed by atoms with E-state index in [4.69, 9.17) is 11.6 Å². The first-order chi connectivity index (χ1) is 8.47. The average Bonchev–Trinajstić information content (AvgIpc) is 2.83. The number of hydrogen-bond donors (Lipinski definition) is 2. The summed E-state index contributed by atoms with van der Waals surface area (Å²) in [6.07, 6.45) is 1.77. The number of aliphatic hydroxyl groups excluding tert-OH is 1. The maximum Gasteiger partial charge on any atom is 0.270 e. The number of likely N-dealkylation sites (tertiary alicyclic amines) is 1. The quantitative estimate of drug-likeness (QED) is 0.855. The minimum atomic E-state index is -0.440. The fraction of sp³-hybridized carbons (Fsp3) is 0.583. The van der Waals surface area contributed by atoms with Crippen LogP contribution in [0.3, 0.4) is 0 Å². The smallest absolute Gasteiger partial charge is 0.270 e. The van der Waals surface area contributed by atoms with Crippen LogP contribution in [-0.4, -0.2) is 65.1 Å². The third kappa shape index (κ3) is 2.85. The normalized spacial score (nSPS) is 23.9. The zero-order valence-corrected chi connectivity index (χ0v) is 11.3. The molecular formula is C12H18ClN3O2. The Bertz CT molecular complexity index is 433. The van der Waals surface area contributed by atoms with Crippen LogP contribution in [0.15, 0.2) is 12.3 Å². The second-order valence-corrected chi connectivity index (χ2v) is 5.43. The first-order valence-corrected chi connectivity index (χ1v) is 6.33. The Balaban J connectivity index is 2.12. The molecular weight excluding hydrogens is 254 g/mol. The number of amides is 1. The van der Waals surface area contributed by atoms with Crippen molar-refractivity contribution in [3.8, 4) is 0 Å². The topological polar surface area (TPSA) is 59.6 Å². The van der Waals surface area contributed by atoms with E-state index in [-0.39, 0.29) is 11.9 Å². The summed E-state index contributed by atoms with van der Waals surface area (Å²) in [5.41, 5.74) is 0.470. The Morgan fingerprint density at radius 2 is 2.39 bits per heavy atom. The molecule has 1 aromatic heterocycles. The summed E-state index contributed by atoms with van der Waals surface area (Å²) >= 11 is 5.80. The molecule has 0 saturated carbocycles. The van der Waals surface area contributed by atoms with Crippen molar-refractivity contribution >= 4 is 17.5 Å². The number of nitrogens with zero attached hydrogens (tertiary/aromatic N) is 2. The van der Waals surface area contributed by atoms with Crippen LogP contribution in [0.4, 0.5) is 0 Å².